The molecule has 0 atom stereocenters. The van der Waals surface area contributed by atoms with Gasteiger partial charge in [-0.1, -0.05) is 24.3 Å². The quantitative estimate of drug-likeness (QED) is 0.625. The molecule has 0 radical (unpaired) electrons. The van der Waals surface area contributed by atoms with Crippen molar-refractivity contribution in [1.29, 1.82) is 0 Å². The zero-order valence-corrected chi connectivity index (χ0v) is 6.90. The van der Waals surface area contributed by atoms with Gasteiger partial charge in [0.05, 0.1) is 0 Å². The molecule has 0 aromatic heterocycles. The number of nitrogens with one attached hydrogen (secondary N) is 1. The van der Waals surface area contributed by atoms with Crippen molar-refractivity contribution in [3.8, 4) is 0 Å². The van der Waals surface area contributed by atoms with E-state index in [0.29, 0.717) is 0 Å². The molecule has 1 heterocycles. The summed E-state index contributed by atoms with van der Waals surface area (Å²) in [4.78, 5) is 0. The zero-order valence-electron chi connectivity index (χ0n) is 6.08. The molecule has 0 unspecified atom stereocenters. The van der Waals surface area contributed by atoms with Crippen molar-refractivity contribution in [3.05, 3.63) is 41.6 Å². The van der Waals surface area contributed by atoms with Crippen molar-refractivity contribution in [2.24, 2.45) is 0 Å². The van der Waals surface area contributed by atoms with Crippen molar-refractivity contribution >= 4 is 18.5 Å². The first-order chi connectivity index (χ1) is 4.97. The lowest BCUT2D eigenvalue weighted by Gasteiger charge is -2.10. The fraction of sp³-hybridized carbons (Fsp3) is 0.111. The molecule has 1 aromatic rings. The molecule has 0 amide bonds. The SMILES string of the molecule is C1=Cc2ccccc2CN1.Cl. The van der Waals surface area contributed by atoms with Gasteiger partial charge >= 0.3 is 0 Å². The van der Waals surface area contributed by atoms with Gasteiger partial charge in [-0.05, 0) is 23.4 Å². The Balaban J connectivity index is 0.000000605. The molecule has 58 valence electrons. The minimum Gasteiger partial charge on any atom is -0.387 e. The van der Waals surface area contributed by atoms with Crippen molar-refractivity contribution in [2.45, 2.75) is 6.54 Å². The van der Waals surface area contributed by atoms with Crippen LogP contribution in [0.1, 0.15) is 11.1 Å². The van der Waals surface area contributed by atoms with E-state index in [2.05, 4.69) is 35.7 Å². The van der Waals surface area contributed by atoms with E-state index in [1.165, 1.54) is 11.1 Å². The Kier molecular flexibility index (Phi) is 2.55. The predicted molar refractivity (Wildman–Crippen MR) is 49.6 cm³/mol. The molecule has 0 spiro atoms. The first-order valence-corrected chi connectivity index (χ1v) is 3.45. The van der Waals surface area contributed by atoms with E-state index >= 15 is 0 Å². The fourth-order valence-electron chi connectivity index (χ4n) is 1.18. The normalized spacial score (nSPS) is 12.7. The number of hydrogen-bond donors (Lipinski definition) is 1. The maximum atomic E-state index is 3.16. The predicted octanol–water partition coefficient (Wildman–Crippen LogP) is 2.18. The van der Waals surface area contributed by atoms with Crippen molar-refractivity contribution in [3.63, 3.8) is 0 Å². The molecule has 1 nitrogen and oxygen atoms in total. The summed E-state index contributed by atoms with van der Waals surface area (Å²) in [5.74, 6) is 0. The molecule has 11 heavy (non-hydrogen) atoms. The average molecular weight is 168 g/mol. The van der Waals surface area contributed by atoms with Gasteiger partial charge in [0.15, 0.2) is 0 Å². The van der Waals surface area contributed by atoms with Gasteiger partial charge in [-0.3, -0.25) is 0 Å². The van der Waals surface area contributed by atoms with Gasteiger partial charge in [-0.2, -0.15) is 0 Å². The first kappa shape index (κ1) is 8.15. The van der Waals surface area contributed by atoms with Crippen LogP contribution in [0, 0.1) is 0 Å². The lowest BCUT2D eigenvalue weighted by molar-refractivity contribution is 0.859. The Labute approximate surface area is 72.5 Å². The van der Waals surface area contributed by atoms with Crippen LogP contribution in [0.25, 0.3) is 6.08 Å². The van der Waals surface area contributed by atoms with Gasteiger partial charge in [0, 0.05) is 6.54 Å². The van der Waals surface area contributed by atoms with Crippen LogP contribution in [0.3, 0.4) is 0 Å². The van der Waals surface area contributed by atoms with Crippen LogP contribution in [0.2, 0.25) is 0 Å². The number of hydrogen-bond acceptors (Lipinski definition) is 1. The summed E-state index contributed by atoms with van der Waals surface area (Å²) in [5, 5.41) is 3.16. The molecular weight excluding hydrogens is 158 g/mol. The summed E-state index contributed by atoms with van der Waals surface area (Å²) in [6, 6.07) is 8.41. The molecule has 0 saturated carbocycles. The van der Waals surface area contributed by atoms with Crippen LogP contribution >= 0.6 is 12.4 Å². The molecule has 2 rings (SSSR count). The van der Waals surface area contributed by atoms with E-state index in [4.69, 9.17) is 0 Å². The summed E-state index contributed by atoms with van der Waals surface area (Å²) in [6.45, 7) is 0.965. The molecule has 0 aliphatic carbocycles. The van der Waals surface area contributed by atoms with Gasteiger partial charge in [0.1, 0.15) is 0 Å². The Morgan fingerprint density at radius 1 is 1.18 bits per heavy atom. The van der Waals surface area contributed by atoms with E-state index in [9.17, 15) is 0 Å². The molecule has 0 saturated heterocycles. The van der Waals surface area contributed by atoms with Crippen LogP contribution in [0.5, 0.6) is 0 Å². The second-order valence-corrected chi connectivity index (χ2v) is 2.41. The highest BCUT2D eigenvalue weighted by Gasteiger charge is 1.99. The monoisotopic (exact) mass is 167 g/mol. The molecular formula is C9H10ClN. The topological polar surface area (TPSA) is 12.0 Å². The summed E-state index contributed by atoms with van der Waals surface area (Å²) in [5.41, 5.74) is 2.71. The summed E-state index contributed by atoms with van der Waals surface area (Å²) in [7, 11) is 0. The maximum absolute atomic E-state index is 3.16. The number of benzene rings is 1. The highest BCUT2D eigenvalue weighted by Crippen LogP contribution is 2.12. The van der Waals surface area contributed by atoms with Crippen LogP contribution < -0.4 is 5.32 Å². The van der Waals surface area contributed by atoms with Crippen LogP contribution in [0.15, 0.2) is 30.5 Å². The van der Waals surface area contributed by atoms with E-state index < -0.39 is 0 Å². The summed E-state index contributed by atoms with van der Waals surface area (Å²) in [6.07, 6.45) is 4.08. The lowest BCUT2D eigenvalue weighted by atomic mass is 10.1. The van der Waals surface area contributed by atoms with Crippen LogP contribution in [-0.2, 0) is 6.54 Å². The number of fused-ring (bicyclic) bond motifs is 1. The largest absolute Gasteiger partial charge is 0.387 e. The Hall–Kier alpha value is -0.950. The van der Waals surface area contributed by atoms with E-state index in [1.807, 2.05) is 6.20 Å². The molecule has 0 bridgehead atoms. The highest BCUT2D eigenvalue weighted by molar-refractivity contribution is 5.85. The van der Waals surface area contributed by atoms with Gasteiger partial charge in [0.2, 0.25) is 0 Å². The Morgan fingerprint density at radius 3 is 2.82 bits per heavy atom. The number of halogens is 1. The van der Waals surface area contributed by atoms with Crippen molar-refractivity contribution in [2.75, 3.05) is 0 Å². The molecule has 1 aliphatic rings. The van der Waals surface area contributed by atoms with E-state index in [0.717, 1.165) is 6.54 Å². The van der Waals surface area contributed by atoms with Gasteiger partial charge < -0.3 is 5.32 Å². The lowest BCUT2D eigenvalue weighted by Crippen LogP contribution is -2.09. The smallest absolute Gasteiger partial charge is 0.0401 e. The van der Waals surface area contributed by atoms with Crippen LogP contribution in [-0.4, -0.2) is 0 Å². The molecule has 2 heteroatoms. The molecule has 1 aromatic carbocycles. The second-order valence-electron chi connectivity index (χ2n) is 2.41. The minimum absolute atomic E-state index is 0. The Bertz CT molecular complexity index is 268. The maximum Gasteiger partial charge on any atom is 0.0401 e. The Morgan fingerprint density at radius 2 is 2.00 bits per heavy atom. The van der Waals surface area contributed by atoms with Crippen LogP contribution in [0.4, 0.5) is 0 Å². The third-order valence-corrected chi connectivity index (χ3v) is 1.73. The summed E-state index contributed by atoms with van der Waals surface area (Å²) >= 11 is 0. The minimum atomic E-state index is 0. The average Bonchev–Trinajstić information content (AvgIpc) is 2.05. The standard InChI is InChI=1S/C9H9N.ClH/c1-2-4-9-7-10-6-5-8(9)3-1;/h1-6,10H,7H2;1H. The fourth-order valence-corrected chi connectivity index (χ4v) is 1.18. The third kappa shape index (κ3) is 1.55. The first-order valence-electron chi connectivity index (χ1n) is 3.45. The van der Waals surface area contributed by atoms with Crippen molar-refractivity contribution < 1.29 is 0 Å². The van der Waals surface area contributed by atoms with Gasteiger partial charge in [0.25, 0.3) is 0 Å². The van der Waals surface area contributed by atoms with E-state index in [-0.39, 0.29) is 12.4 Å². The molecule has 1 N–H and O–H groups in total. The van der Waals surface area contributed by atoms with Gasteiger partial charge in [-0.25, -0.2) is 0 Å². The summed E-state index contributed by atoms with van der Waals surface area (Å²) < 4.78 is 0. The third-order valence-electron chi connectivity index (χ3n) is 1.73. The van der Waals surface area contributed by atoms with E-state index in [1.54, 1.807) is 0 Å². The highest BCUT2D eigenvalue weighted by atomic mass is 35.5. The van der Waals surface area contributed by atoms with Gasteiger partial charge in [-0.15, -0.1) is 12.4 Å². The number of rotatable bonds is 0. The zero-order chi connectivity index (χ0) is 6.81. The van der Waals surface area contributed by atoms with Crippen molar-refractivity contribution in [1.82, 2.24) is 5.32 Å². The second kappa shape index (κ2) is 3.44. The molecule has 0 fully saturated rings. The molecule has 1 aliphatic heterocycles.